The summed E-state index contributed by atoms with van der Waals surface area (Å²) in [6.45, 7) is 4.13. The Labute approximate surface area is 204 Å². The molecule has 5 rings (SSSR count). The number of aryl methyl sites for hydroxylation is 2. The third kappa shape index (κ3) is 4.47. The molecule has 176 valence electrons. The van der Waals surface area contributed by atoms with Gasteiger partial charge in [0.15, 0.2) is 5.65 Å². The first-order valence-electron chi connectivity index (χ1n) is 12.1. The van der Waals surface area contributed by atoms with Crippen LogP contribution in [0, 0.1) is 0 Å². The molecular formula is C29H29N5O. The number of nitrogens with one attached hydrogen (secondary N) is 1. The largest absolute Gasteiger partial charge is 0.384 e. The van der Waals surface area contributed by atoms with Gasteiger partial charge in [-0.25, -0.2) is 9.97 Å². The zero-order valence-corrected chi connectivity index (χ0v) is 20.0. The lowest BCUT2D eigenvalue weighted by Gasteiger charge is -2.14. The second-order valence-electron chi connectivity index (χ2n) is 8.90. The summed E-state index contributed by atoms with van der Waals surface area (Å²) in [6.07, 6.45) is 2.60. The number of anilines is 1. The number of hydrogen-bond acceptors (Lipinski definition) is 4. The first-order valence-corrected chi connectivity index (χ1v) is 12.1. The van der Waals surface area contributed by atoms with Gasteiger partial charge in [-0.1, -0.05) is 61.5 Å². The number of carbonyl (C=O) groups excluding carboxylic acids is 1. The fourth-order valence-electron chi connectivity index (χ4n) is 4.46. The fourth-order valence-corrected chi connectivity index (χ4v) is 4.46. The maximum Gasteiger partial charge on any atom is 0.257 e. The van der Waals surface area contributed by atoms with Crippen molar-refractivity contribution in [3.05, 3.63) is 95.6 Å². The minimum Gasteiger partial charge on any atom is -0.384 e. The van der Waals surface area contributed by atoms with Crippen LogP contribution in [-0.2, 0) is 12.8 Å². The van der Waals surface area contributed by atoms with E-state index < -0.39 is 0 Å². The van der Waals surface area contributed by atoms with Gasteiger partial charge >= 0.3 is 0 Å². The van der Waals surface area contributed by atoms with Gasteiger partial charge < -0.3 is 11.1 Å². The van der Waals surface area contributed by atoms with Crippen LogP contribution in [-0.4, -0.2) is 26.5 Å². The van der Waals surface area contributed by atoms with Gasteiger partial charge in [0.25, 0.3) is 5.91 Å². The minimum atomic E-state index is -0.233. The number of para-hydroxylation sites is 2. The highest BCUT2D eigenvalue weighted by atomic mass is 16.1. The number of nitrogens with two attached hydrogens (primary N) is 1. The first kappa shape index (κ1) is 22.6. The second-order valence-corrected chi connectivity index (χ2v) is 8.90. The van der Waals surface area contributed by atoms with E-state index in [1.165, 1.54) is 11.1 Å². The predicted octanol–water partition coefficient (Wildman–Crippen LogP) is 5.47. The normalized spacial score (nSPS) is 12.2. The molecule has 0 aliphatic carbocycles. The number of hydrogen-bond donors (Lipinski definition) is 2. The average molecular weight is 464 g/mol. The van der Waals surface area contributed by atoms with Crippen LogP contribution in [0.25, 0.3) is 27.9 Å². The van der Waals surface area contributed by atoms with E-state index in [1.807, 2.05) is 66.1 Å². The number of benzene rings is 3. The average Bonchev–Trinajstić information content (AvgIpc) is 3.17. The van der Waals surface area contributed by atoms with Crippen LogP contribution in [0.5, 0.6) is 0 Å². The lowest BCUT2D eigenvalue weighted by molar-refractivity contribution is 0.0941. The molecule has 3 N–H and O–H groups in total. The van der Waals surface area contributed by atoms with E-state index in [9.17, 15) is 4.79 Å². The summed E-state index contributed by atoms with van der Waals surface area (Å²) in [5.74, 6) is 0.111. The molecule has 1 amide bonds. The second kappa shape index (κ2) is 9.58. The summed E-state index contributed by atoms with van der Waals surface area (Å²) in [5.41, 5.74) is 12.9. The molecule has 0 unspecified atom stereocenters. The van der Waals surface area contributed by atoms with E-state index in [0.717, 1.165) is 36.0 Å². The zero-order chi connectivity index (χ0) is 24.4. The van der Waals surface area contributed by atoms with Crippen molar-refractivity contribution < 1.29 is 4.79 Å². The summed E-state index contributed by atoms with van der Waals surface area (Å²) in [7, 11) is 0. The Kier molecular flexibility index (Phi) is 6.19. The molecule has 5 aromatic rings. The number of nitrogen functional groups attached to an aromatic ring is 1. The number of fused-ring (bicyclic) bond motifs is 2. The van der Waals surface area contributed by atoms with Crippen molar-refractivity contribution >= 4 is 33.9 Å². The van der Waals surface area contributed by atoms with Gasteiger partial charge in [0.2, 0.25) is 0 Å². The van der Waals surface area contributed by atoms with Crippen molar-refractivity contribution in [3.63, 3.8) is 0 Å². The molecular weight excluding hydrogens is 434 g/mol. The van der Waals surface area contributed by atoms with Crippen LogP contribution in [0.3, 0.4) is 0 Å². The molecule has 1 atom stereocenters. The van der Waals surface area contributed by atoms with Gasteiger partial charge in [0, 0.05) is 11.7 Å². The summed E-state index contributed by atoms with van der Waals surface area (Å²) in [4.78, 5) is 23.2. The topological polar surface area (TPSA) is 85.8 Å². The Morgan fingerprint density at radius 3 is 2.37 bits per heavy atom. The highest BCUT2D eigenvalue weighted by Gasteiger charge is 2.25. The van der Waals surface area contributed by atoms with Crippen LogP contribution in [0.15, 0.2) is 78.9 Å². The van der Waals surface area contributed by atoms with Gasteiger partial charge in [-0.05, 0) is 61.6 Å². The number of nitrogens with zero attached hydrogens (tertiary/aromatic N) is 3. The van der Waals surface area contributed by atoms with Crippen LogP contribution in [0.2, 0.25) is 0 Å². The lowest BCUT2D eigenvalue weighted by Crippen LogP contribution is -2.33. The third-order valence-corrected chi connectivity index (χ3v) is 6.39. The predicted molar refractivity (Wildman–Crippen MR) is 142 cm³/mol. The number of aromatic nitrogens is 3. The van der Waals surface area contributed by atoms with E-state index in [2.05, 4.69) is 36.5 Å². The molecule has 2 heterocycles. The fraction of sp³-hybridized carbons (Fsp3) is 0.207. The quantitative estimate of drug-likeness (QED) is 0.335. The van der Waals surface area contributed by atoms with Gasteiger partial charge in [-0.3, -0.25) is 9.36 Å². The Hall–Kier alpha value is -4.19. The van der Waals surface area contributed by atoms with E-state index in [0.29, 0.717) is 22.5 Å². The van der Waals surface area contributed by atoms with E-state index in [1.54, 1.807) is 0 Å². The maximum absolute atomic E-state index is 13.5. The third-order valence-electron chi connectivity index (χ3n) is 6.39. The molecule has 0 fully saturated rings. The van der Waals surface area contributed by atoms with Gasteiger partial charge in [0.1, 0.15) is 16.9 Å². The molecule has 0 saturated carbocycles. The molecule has 3 aromatic carbocycles. The number of rotatable bonds is 7. The van der Waals surface area contributed by atoms with Crippen molar-refractivity contribution in [1.29, 1.82) is 0 Å². The standard InChI is InChI=1S/C29H29N5O/c1-3-20-12-9-13-22(18-20)34-27(30)25(26-28(34)33-24-15-8-7-14-23(24)32-26)29(35)31-19(2)16-17-21-10-5-4-6-11-21/h4-15,18-19H,3,16-17,30H2,1-2H3,(H,31,35)/t19-/m0/s1. The van der Waals surface area contributed by atoms with E-state index in [-0.39, 0.29) is 11.9 Å². The molecule has 6 heteroatoms. The molecule has 0 saturated heterocycles. The summed E-state index contributed by atoms with van der Waals surface area (Å²) < 4.78 is 1.84. The molecule has 2 aromatic heterocycles. The van der Waals surface area contributed by atoms with Crippen LogP contribution >= 0.6 is 0 Å². The van der Waals surface area contributed by atoms with Crippen LogP contribution in [0.1, 0.15) is 41.8 Å². The summed E-state index contributed by atoms with van der Waals surface area (Å²) in [6, 6.07) is 26.1. The maximum atomic E-state index is 13.5. The Bertz CT molecular complexity index is 1510. The zero-order valence-electron chi connectivity index (χ0n) is 20.0. The molecule has 0 aliphatic heterocycles. The van der Waals surface area contributed by atoms with Gasteiger partial charge in [-0.15, -0.1) is 0 Å². The van der Waals surface area contributed by atoms with Crippen molar-refractivity contribution in [1.82, 2.24) is 19.9 Å². The van der Waals surface area contributed by atoms with Crippen molar-refractivity contribution in [3.8, 4) is 5.69 Å². The smallest absolute Gasteiger partial charge is 0.257 e. The van der Waals surface area contributed by atoms with Crippen LogP contribution in [0.4, 0.5) is 5.82 Å². The Morgan fingerprint density at radius 2 is 1.63 bits per heavy atom. The van der Waals surface area contributed by atoms with E-state index in [4.69, 9.17) is 15.7 Å². The molecule has 0 spiro atoms. The summed E-state index contributed by atoms with van der Waals surface area (Å²) >= 11 is 0. The molecule has 0 aliphatic rings. The van der Waals surface area contributed by atoms with Crippen molar-refractivity contribution in [2.45, 2.75) is 39.2 Å². The highest BCUT2D eigenvalue weighted by molar-refractivity contribution is 6.11. The SMILES string of the molecule is CCc1cccc(-n2c(N)c(C(=O)N[C@@H](C)CCc3ccccc3)c3nc4ccccc4nc32)c1. The molecule has 0 radical (unpaired) electrons. The van der Waals surface area contributed by atoms with Crippen LogP contribution < -0.4 is 11.1 Å². The lowest BCUT2D eigenvalue weighted by atomic mass is 10.1. The Balaban J connectivity index is 1.55. The minimum absolute atomic E-state index is 0.0302. The van der Waals surface area contributed by atoms with Crippen molar-refractivity contribution in [2.75, 3.05) is 5.73 Å². The summed E-state index contributed by atoms with van der Waals surface area (Å²) in [5, 5.41) is 3.13. The number of amides is 1. The van der Waals surface area contributed by atoms with E-state index >= 15 is 0 Å². The number of carbonyl (C=O) groups is 1. The first-order chi connectivity index (χ1) is 17.0. The van der Waals surface area contributed by atoms with Crippen molar-refractivity contribution in [2.24, 2.45) is 0 Å². The molecule has 35 heavy (non-hydrogen) atoms. The molecule has 0 bridgehead atoms. The van der Waals surface area contributed by atoms with Gasteiger partial charge in [-0.2, -0.15) is 0 Å². The highest BCUT2D eigenvalue weighted by Crippen LogP contribution is 2.31. The molecule has 6 nitrogen and oxygen atoms in total. The Morgan fingerprint density at radius 1 is 0.943 bits per heavy atom. The monoisotopic (exact) mass is 463 g/mol. The van der Waals surface area contributed by atoms with Gasteiger partial charge in [0.05, 0.1) is 11.0 Å².